The second kappa shape index (κ2) is 10.3. The third kappa shape index (κ3) is 6.01. The molecule has 0 unspecified atom stereocenters. The fraction of sp³-hybridized carbons (Fsp3) is 0.364. The summed E-state index contributed by atoms with van der Waals surface area (Å²) in [6.07, 6.45) is 5.84. The van der Waals surface area contributed by atoms with Gasteiger partial charge in [-0.05, 0) is 48.2 Å². The molecule has 148 valence electrons. The smallest absolute Gasteiger partial charge is 0.190 e. The molecule has 28 heavy (non-hydrogen) atoms. The van der Waals surface area contributed by atoms with Gasteiger partial charge in [0.05, 0.1) is 12.8 Å². The van der Waals surface area contributed by atoms with Gasteiger partial charge in [0.15, 0.2) is 5.96 Å². The molecule has 0 aliphatic heterocycles. The predicted molar refractivity (Wildman–Crippen MR) is 115 cm³/mol. The molecule has 1 heterocycles. The van der Waals surface area contributed by atoms with Crippen molar-refractivity contribution in [1.82, 2.24) is 20.4 Å². The average Bonchev–Trinajstić information content (AvgIpc) is 3.14. The topological polar surface area (TPSA) is 63.5 Å². The molecule has 0 radical (unpaired) electrons. The van der Waals surface area contributed by atoms with Crippen LogP contribution in [0.15, 0.2) is 59.9 Å². The van der Waals surface area contributed by atoms with Crippen molar-refractivity contribution in [1.29, 1.82) is 0 Å². The largest absolute Gasteiger partial charge is 0.494 e. The van der Waals surface area contributed by atoms with Crippen molar-refractivity contribution in [2.45, 2.75) is 26.3 Å². The zero-order valence-corrected chi connectivity index (χ0v) is 16.7. The lowest BCUT2D eigenvalue weighted by Crippen LogP contribution is -2.38. The van der Waals surface area contributed by atoms with Crippen molar-refractivity contribution in [2.75, 3.05) is 26.7 Å². The molecule has 0 fully saturated rings. The van der Waals surface area contributed by atoms with Crippen molar-refractivity contribution in [3.8, 4) is 5.75 Å². The standard InChI is InChI=1S/C22H29N5O/c1-18-16-26-27(17-18)13-5-11-24-22(23-2)25-12-6-14-28-21-10-9-19-7-3-4-8-20(19)15-21/h3-4,7-10,15-17H,5-6,11-14H2,1-2H3,(H2,23,24,25). The van der Waals surface area contributed by atoms with Gasteiger partial charge < -0.3 is 15.4 Å². The van der Waals surface area contributed by atoms with Gasteiger partial charge in [-0.25, -0.2) is 0 Å². The Morgan fingerprint density at radius 3 is 2.61 bits per heavy atom. The number of hydrogen-bond acceptors (Lipinski definition) is 3. The first-order chi connectivity index (χ1) is 13.7. The van der Waals surface area contributed by atoms with Crippen LogP contribution in [0.5, 0.6) is 5.75 Å². The first-order valence-corrected chi connectivity index (χ1v) is 9.80. The molecule has 3 aromatic rings. The number of aromatic nitrogens is 2. The SMILES string of the molecule is CN=C(NCCCOc1ccc2ccccc2c1)NCCCn1cc(C)cn1. The Bertz CT molecular complexity index is 903. The monoisotopic (exact) mass is 379 g/mol. The Balaban J connectivity index is 1.29. The Labute approximate surface area is 166 Å². The summed E-state index contributed by atoms with van der Waals surface area (Å²) in [7, 11) is 1.79. The fourth-order valence-corrected chi connectivity index (χ4v) is 2.98. The maximum atomic E-state index is 5.87. The number of nitrogens with zero attached hydrogens (tertiary/aromatic N) is 3. The fourth-order valence-electron chi connectivity index (χ4n) is 2.98. The molecular weight excluding hydrogens is 350 g/mol. The lowest BCUT2D eigenvalue weighted by atomic mass is 10.1. The molecule has 0 atom stereocenters. The van der Waals surface area contributed by atoms with Crippen LogP contribution < -0.4 is 15.4 Å². The van der Waals surface area contributed by atoms with Gasteiger partial charge in [-0.3, -0.25) is 9.67 Å². The summed E-state index contributed by atoms with van der Waals surface area (Å²) in [4.78, 5) is 4.26. The van der Waals surface area contributed by atoms with Crippen LogP contribution in [-0.4, -0.2) is 42.5 Å². The van der Waals surface area contributed by atoms with Crippen molar-refractivity contribution < 1.29 is 4.74 Å². The van der Waals surface area contributed by atoms with E-state index in [1.807, 2.05) is 29.1 Å². The Kier molecular flexibility index (Phi) is 7.29. The molecule has 0 aliphatic rings. The molecule has 1 aromatic heterocycles. The number of aliphatic imine (C=N–C) groups is 1. The Morgan fingerprint density at radius 2 is 1.86 bits per heavy atom. The van der Waals surface area contributed by atoms with E-state index in [1.54, 1.807) is 7.05 Å². The molecule has 0 amide bonds. The van der Waals surface area contributed by atoms with Crippen molar-refractivity contribution in [3.63, 3.8) is 0 Å². The van der Waals surface area contributed by atoms with Crippen LogP contribution in [0.1, 0.15) is 18.4 Å². The number of fused-ring (bicyclic) bond motifs is 1. The summed E-state index contributed by atoms with van der Waals surface area (Å²) in [5.74, 6) is 1.73. The van der Waals surface area contributed by atoms with E-state index in [9.17, 15) is 0 Å². The molecule has 0 bridgehead atoms. The minimum absolute atomic E-state index is 0.668. The number of aryl methyl sites for hydroxylation is 2. The molecule has 0 saturated heterocycles. The second-order valence-electron chi connectivity index (χ2n) is 6.77. The number of benzene rings is 2. The summed E-state index contributed by atoms with van der Waals surface area (Å²) >= 11 is 0. The Morgan fingerprint density at radius 1 is 1.07 bits per heavy atom. The van der Waals surface area contributed by atoms with E-state index in [2.05, 4.69) is 58.1 Å². The van der Waals surface area contributed by atoms with Crippen LogP contribution >= 0.6 is 0 Å². The highest BCUT2D eigenvalue weighted by atomic mass is 16.5. The van der Waals surface area contributed by atoms with E-state index in [4.69, 9.17) is 4.74 Å². The van der Waals surface area contributed by atoms with E-state index in [0.717, 1.165) is 44.2 Å². The van der Waals surface area contributed by atoms with Crippen molar-refractivity contribution >= 4 is 16.7 Å². The highest BCUT2D eigenvalue weighted by Crippen LogP contribution is 2.20. The molecule has 0 aliphatic carbocycles. The van der Waals surface area contributed by atoms with E-state index in [1.165, 1.54) is 16.3 Å². The van der Waals surface area contributed by atoms with Gasteiger partial charge in [-0.2, -0.15) is 5.10 Å². The Hall–Kier alpha value is -3.02. The van der Waals surface area contributed by atoms with E-state index < -0.39 is 0 Å². The highest BCUT2D eigenvalue weighted by Gasteiger charge is 2.00. The maximum absolute atomic E-state index is 5.87. The lowest BCUT2D eigenvalue weighted by molar-refractivity contribution is 0.311. The van der Waals surface area contributed by atoms with Crippen LogP contribution in [-0.2, 0) is 6.54 Å². The van der Waals surface area contributed by atoms with Gasteiger partial charge in [0.25, 0.3) is 0 Å². The molecule has 0 saturated carbocycles. The highest BCUT2D eigenvalue weighted by molar-refractivity contribution is 5.83. The summed E-state index contributed by atoms with van der Waals surface area (Å²) in [6.45, 7) is 5.29. The number of hydrogen-bond donors (Lipinski definition) is 2. The molecular formula is C22H29N5O. The van der Waals surface area contributed by atoms with E-state index in [0.29, 0.717) is 6.61 Å². The predicted octanol–water partition coefficient (Wildman–Crippen LogP) is 3.37. The van der Waals surface area contributed by atoms with Gasteiger partial charge >= 0.3 is 0 Å². The van der Waals surface area contributed by atoms with Crippen LogP contribution in [0.2, 0.25) is 0 Å². The lowest BCUT2D eigenvalue weighted by Gasteiger charge is -2.12. The molecule has 2 aromatic carbocycles. The third-order valence-corrected chi connectivity index (χ3v) is 4.45. The van der Waals surface area contributed by atoms with E-state index >= 15 is 0 Å². The quantitative estimate of drug-likeness (QED) is 0.340. The average molecular weight is 380 g/mol. The first-order valence-electron chi connectivity index (χ1n) is 9.80. The summed E-state index contributed by atoms with van der Waals surface area (Å²) in [5.41, 5.74) is 1.19. The third-order valence-electron chi connectivity index (χ3n) is 4.45. The van der Waals surface area contributed by atoms with Crippen LogP contribution in [0.4, 0.5) is 0 Å². The molecule has 6 heteroatoms. The number of guanidine groups is 1. The van der Waals surface area contributed by atoms with Gasteiger partial charge in [-0.15, -0.1) is 0 Å². The zero-order valence-electron chi connectivity index (χ0n) is 16.7. The number of rotatable bonds is 9. The maximum Gasteiger partial charge on any atom is 0.190 e. The minimum atomic E-state index is 0.668. The molecule has 0 spiro atoms. The second-order valence-corrected chi connectivity index (χ2v) is 6.77. The van der Waals surface area contributed by atoms with Gasteiger partial charge in [-0.1, -0.05) is 30.3 Å². The van der Waals surface area contributed by atoms with E-state index in [-0.39, 0.29) is 0 Å². The van der Waals surface area contributed by atoms with Crippen molar-refractivity contribution in [2.24, 2.45) is 4.99 Å². The summed E-state index contributed by atoms with van der Waals surface area (Å²) in [5, 5.41) is 13.4. The van der Waals surface area contributed by atoms with Crippen molar-refractivity contribution in [3.05, 3.63) is 60.4 Å². The molecule has 3 rings (SSSR count). The van der Waals surface area contributed by atoms with Gasteiger partial charge in [0.2, 0.25) is 0 Å². The normalized spacial score (nSPS) is 11.6. The number of ether oxygens (including phenoxy) is 1. The van der Waals surface area contributed by atoms with Crippen LogP contribution in [0.3, 0.4) is 0 Å². The molecule has 2 N–H and O–H groups in total. The van der Waals surface area contributed by atoms with Crippen LogP contribution in [0, 0.1) is 6.92 Å². The summed E-state index contributed by atoms with van der Waals surface area (Å²) < 4.78 is 7.84. The van der Waals surface area contributed by atoms with Crippen LogP contribution in [0.25, 0.3) is 10.8 Å². The zero-order chi connectivity index (χ0) is 19.6. The first kappa shape index (κ1) is 19.7. The number of nitrogens with one attached hydrogen (secondary N) is 2. The molecule has 6 nitrogen and oxygen atoms in total. The summed E-state index contributed by atoms with van der Waals surface area (Å²) in [6, 6.07) is 14.5. The minimum Gasteiger partial charge on any atom is -0.494 e. The van der Waals surface area contributed by atoms with Gasteiger partial charge in [0.1, 0.15) is 5.75 Å². The van der Waals surface area contributed by atoms with Gasteiger partial charge in [0, 0.05) is 32.9 Å².